The first-order chi connectivity index (χ1) is 16.9. The van der Waals surface area contributed by atoms with Gasteiger partial charge in [-0.1, -0.05) is 67.0 Å². The molecule has 3 aromatic rings. The zero-order chi connectivity index (χ0) is 24.9. The van der Waals surface area contributed by atoms with E-state index < -0.39 is 29.2 Å². The Balaban J connectivity index is 1.51. The van der Waals surface area contributed by atoms with Crippen LogP contribution in [0.2, 0.25) is 0 Å². The molecule has 35 heavy (non-hydrogen) atoms. The van der Waals surface area contributed by atoms with Crippen LogP contribution in [-0.4, -0.2) is 27.4 Å². The number of allylic oxidation sites excluding steroid dienone is 2. The molecule has 0 saturated carbocycles. The lowest BCUT2D eigenvalue weighted by molar-refractivity contribution is -0.189. The summed E-state index contributed by atoms with van der Waals surface area (Å²) >= 11 is 0. The number of benzene rings is 3. The summed E-state index contributed by atoms with van der Waals surface area (Å²) in [4.78, 5) is 0. The van der Waals surface area contributed by atoms with E-state index in [9.17, 15) is 8.78 Å². The van der Waals surface area contributed by atoms with Crippen LogP contribution in [0.5, 0.6) is 0 Å². The molecule has 3 aromatic carbocycles. The molecule has 1 heterocycles. The molecule has 0 bridgehead atoms. The van der Waals surface area contributed by atoms with Crippen molar-refractivity contribution >= 4 is 7.85 Å². The molecular weight excluding hydrogens is 455 g/mol. The molecule has 2 nitrogen and oxygen atoms in total. The summed E-state index contributed by atoms with van der Waals surface area (Å²) in [6.07, 6.45) is 5.57. The topological polar surface area (TPSA) is 18.5 Å². The van der Waals surface area contributed by atoms with Gasteiger partial charge in [-0.2, -0.15) is 0 Å². The Morgan fingerprint density at radius 1 is 0.800 bits per heavy atom. The van der Waals surface area contributed by atoms with Gasteiger partial charge in [-0.15, -0.1) is 0 Å². The van der Waals surface area contributed by atoms with Gasteiger partial charge >= 0.3 is 0 Å². The quantitative estimate of drug-likeness (QED) is 0.217. The number of hydrogen-bond donors (Lipinski definition) is 0. The molecule has 4 rings (SSSR count). The molecule has 1 fully saturated rings. The zero-order valence-corrected chi connectivity index (χ0v) is 19.8. The van der Waals surface area contributed by atoms with Crippen LogP contribution >= 0.6 is 0 Å². The highest BCUT2D eigenvalue weighted by molar-refractivity contribution is 6.08. The number of hydrogen-bond acceptors (Lipinski definition) is 2. The Hall–Kier alpha value is -2.90. The van der Waals surface area contributed by atoms with Crippen LogP contribution in [0, 0.1) is 23.3 Å². The maximum absolute atomic E-state index is 15.0. The van der Waals surface area contributed by atoms with Crippen molar-refractivity contribution in [1.82, 2.24) is 0 Å². The van der Waals surface area contributed by atoms with Crippen molar-refractivity contribution in [3.8, 4) is 22.3 Å². The summed E-state index contributed by atoms with van der Waals surface area (Å²) in [5.74, 6) is -4.07. The van der Waals surface area contributed by atoms with E-state index in [1.807, 2.05) is 19.1 Å². The van der Waals surface area contributed by atoms with Crippen molar-refractivity contribution < 1.29 is 27.0 Å². The van der Waals surface area contributed by atoms with E-state index in [2.05, 4.69) is 0 Å². The van der Waals surface area contributed by atoms with Crippen molar-refractivity contribution in [3.63, 3.8) is 0 Å². The molecule has 1 saturated heterocycles. The van der Waals surface area contributed by atoms with Crippen molar-refractivity contribution in [2.75, 3.05) is 13.2 Å². The Bertz CT molecular complexity index is 1200. The van der Waals surface area contributed by atoms with E-state index in [4.69, 9.17) is 9.47 Å². The molecule has 0 aromatic heterocycles. The lowest BCUT2D eigenvalue weighted by Gasteiger charge is -2.30. The molecule has 0 aliphatic carbocycles. The molecule has 0 radical (unpaired) electrons. The molecule has 0 unspecified atom stereocenters. The van der Waals surface area contributed by atoms with Crippen molar-refractivity contribution in [2.24, 2.45) is 0 Å². The maximum atomic E-state index is 15.0. The second-order valence-electron chi connectivity index (χ2n) is 8.60. The largest absolute Gasteiger partial charge is 0.352 e. The summed E-state index contributed by atoms with van der Waals surface area (Å²) in [6.45, 7) is 2.45. The van der Waals surface area contributed by atoms with Crippen LogP contribution in [-0.2, 0) is 15.8 Å². The van der Waals surface area contributed by atoms with Crippen LogP contribution in [0.3, 0.4) is 0 Å². The van der Waals surface area contributed by atoms with E-state index in [-0.39, 0.29) is 36.2 Å². The normalized spacial score (nSPS) is 18.3. The number of rotatable bonds is 7. The van der Waals surface area contributed by atoms with E-state index >= 15 is 8.78 Å². The third-order valence-corrected chi connectivity index (χ3v) is 6.37. The Morgan fingerprint density at radius 3 is 1.94 bits per heavy atom. The predicted molar refractivity (Wildman–Crippen MR) is 132 cm³/mol. The van der Waals surface area contributed by atoms with E-state index in [0.717, 1.165) is 6.42 Å². The monoisotopic (exact) mass is 482 g/mol. The van der Waals surface area contributed by atoms with Crippen LogP contribution < -0.4 is 0 Å². The second kappa shape index (κ2) is 11.2. The van der Waals surface area contributed by atoms with Crippen LogP contribution in [0.15, 0.2) is 60.7 Å². The highest BCUT2D eigenvalue weighted by atomic mass is 19.2. The molecule has 0 spiro atoms. The van der Waals surface area contributed by atoms with Gasteiger partial charge < -0.3 is 9.47 Å². The van der Waals surface area contributed by atoms with Gasteiger partial charge in [-0.05, 0) is 35.6 Å². The van der Waals surface area contributed by atoms with E-state index in [0.29, 0.717) is 29.4 Å². The van der Waals surface area contributed by atoms with Gasteiger partial charge in [0.2, 0.25) is 0 Å². The van der Waals surface area contributed by atoms with E-state index in [1.165, 1.54) is 12.1 Å². The van der Waals surface area contributed by atoms with Gasteiger partial charge in [0, 0.05) is 23.5 Å². The third kappa shape index (κ3) is 5.36. The number of halogens is 4. The highest BCUT2D eigenvalue weighted by Gasteiger charge is 2.27. The van der Waals surface area contributed by atoms with Crippen LogP contribution in [0.4, 0.5) is 17.6 Å². The minimum Gasteiger partial charge on any atom is -0.352 e. The first-order valence-electron chi connectivity index (χ1n) is 11.8. The minimum atomic E-state index is -0.963. The summed E-state index contributed by atoms with van der Waals surface area (Å²) in [5, 5.41) is 0. The van der Waals surface area contributed by atoms with Gasteiger partial charge in [-0.25, -0.2) is 17.6 Å². The second-order valence-corrected chi connectivity index (χ2v) is 8.60. The molecular formula is C28H27BF4O2. The molecule has 0 amide bonds. The molecule has 0 N–H and O–H groups in total. The Morgan fingerprint density at radius 2 is 1.37 bits per heavy atom. The predicted octanol–water partition coefficient (Wildman–Crippen LogP) is 6.52. The third-order valence-electron chi connectivity index (χ3n) is 6.37. The molecule has 1 aliphatic rings. The lowest BCUT2D eigenvalue weighted by Crippen LogP contribution is -2.31. The molecule has 7 heteroatoms. The first kappa shape index (κ1) is 25.2. The van der Waals surface area contributed by atoms with Gasteiger partial charge in [0.25, 0.3) is 0 Å². The summed E-state index contributed by atoms with van der Waals surface area (Å²) in [6, 6.07) is 12.4. The smallest absolute Gasteiger partial charge is 0.166 e. The van der Waals surface area contributed by atoms with Crippen molar-refractivity contribution in [3.05, 3.63) is 95.1 Å². The first-order valence-corrected chi connectivity index (χ1v) is 11.8. The standard InChI is InChI=1S/C28H27BF4O2/c1-2-3-4-5-24-34-15-20(16-35-24)23-13-12-22(27(32)28(23)33)18-8-6-17(7-9-18)21-11-10-19(14-29)25(30)26(21)31/h2-3,6-13,20,24H,4-5,14-16,29H2,1H3/b3-2+. The molecule has 182 valence electrons. The van der Waals surface area contributed by atoms with Gasteiger partial charge in [0.1, 0.15) is 7.85 Å². The SMILES string of the molecule is BCc1ccc(-c2ccc(-c3ccc(C4COC(CC/C=C/C)OC4)c(F)c3F)cc2)c(F)c1F. The minimum absolute atomic E-state index is 0.0904. The van der Waals surface area contributed by atoms with Crippen LogP contribution in [0.25, 0.3) is 22.3 Å². The van der Waals surface area contributed by atoms with E-state index in [1.54, 1.807) is 44.2 Å². The number of ether oxygens (including phenoxy) is 2. The average Bonchev–Trinajstić information content (AvgIpc) is 2.88. The summed E-state index contributed by atoms with van der Waals surface area (Å²) in [5.41, 5.74) is 1.61. The average molecular weight is 482 g/mol. The fourth-order valence-corrected chi connectivity index (χ4v) is 4.31. The van der Waals surface area contributed by atoms with Gasteiger partial charge in [-0.3, -0.25) is 0 Å². The summed E-state index contributed by atoms with van der Waals surface area (Å²) < 4.78 is 70.1. The lowest BCUT2D eigenvalue weighted by atomic mass is 9.92. The van der Waals surface area contributed by atoms with Crippen molar-refractivity contribution in [1.29, 1.82) is 0 Å². The van der Waals surface area contributed by atoms with Crippen LogP contribution in [0.1, 0.15) is 36.8 Å². The Labute approximate surface area is 204 Å². The molecule has 1 aliphatic heterocycles. The van der Waals surface area contributed by atoms with Crippen molar-refractivity contribution in [2.45, 2.75) is 38.3 Å². The molecule has 0 atom stereocenters. The maximum Gasteiger partial charge on any atom is 0.166 e. The zero-order valence-electron chi connectivity index (χ0n) is 19.8. The van der Waals surface area contributed by atoms with Gasteiger partial charge in [0.15, 0.2) is 29.6 Å². The summed E-state index contributed by atoms with van der Waals surface area (Å²) in [7, 11) is 1.75. The highest BCUT2D eigenvalue weighted by Crippen LogP contribution is 2.34. The Kier molecular flexibility index (Phi) is 8.09. The van der Waals surface area contributed by atoms with Gasteiger partial charge in [0.05, 0.1) is 13.2 Å². The fourth-order valence-electron chi connectivity index (χ4n) is 4.31. The fraction of sp³-hybridized carbons (Fsp3) is 0.286.